The van der Waals surface area contributed by atoms with Gasteiger partial charge in [-0.3, -0.25) is 4.98 Å². The lowest BCUT2D eigenvalue weighted by Crippen LogP contribution is -2.08. The number of hydrogen-bond donors (Lipinski definition) is 0. The monoisotopic (exact) mass is 233 g/mol. The Morgan fingerprint density at radius 1 is 1.12 bits per heavy atom. The molecule has 0 radical (unpaired) electrons. The molecule has 92 valence electrons. The molecule has 1 heterocycles. The number of aryl methyl sites for hydroxylation is 1. The van der Waals surface area contributed by atoms with Crippen LogP contribution in [0.15, 0.2) is 12.1 Å². The van der Waals surface area contributed by atoms with Crippen LogP contribution in [0.3, 0.4) is 0 Å². The third-order valence-electron chi connectivity index (χ3n) is 1.89. The van der Waals surface area contributed by atoms with Crippen LogP contribution in [0, 0.1) is 6.92 Å². The summed E-state index contributed by atoms with van der Waals surface area (Å²) in [5.74, 6) is 0.0102. The van der Waals surface area contributed by atoms with E-state index in [4.69, 9.17) is 0 Å². The molecule has 0 unspecified atom stereocenters. The van der Waals surface area contributed by atoms with Gasteiger partial charge in [0.05, 0.1) is 5.56 Å². The van der Waals surface area contributed by atoms with E-state index in [1.165, 1.54) is 0 Å². The van der Waals surface area contributed by atoms with Crippen molar-refractivity contribution in [3.63, 3.8) is 0 Å². The van der Waals surface area contributed by atoms with Crippen LogP contribution in [-0.4, -0.2) is 4.98 Å². The average Bonchev–Trinajstić information content (AvgIpc) is 2.18. The molecule has 0 fully saturated rings. The van der Waals surface area contributed by atoms with Gasteiger partial charge in [0.15, 0.2) is 0 Å². The van der Waals surface area contributed by atoms with Crippen LogP contribution >= 0.6 is 0 Å². The molecule has 16 heavy (non-hydrogen) atoms. The summed E-state index contributed by atoms with van der Waals surface area (Å²) in [6.45, 7) is 9.21. The van der Waals surface area contributed by atoms with Crippen molar-refractivity contribution >= 4 is 0 Å². The summed E-state index contributed by atoms with van der Waals surface area (Å²) in [7, 11) is 0. The second-order valence-electron chi connectivity index (χ2n) is 3.57. The Kier molecular flexibility index (Phi) is 5.48. The first kappa shape index (κ1) is 14.9. The van der Waals surface area contributed by atoms with E-state index < -0.39 is 11.7 Å². The first-order valence-electron chi connectivity index (χ1n) is 5.36. The molecule has 1 aromatic rings. The number of aromatic nitrogens is 1. The van der Waals surface area contributed by atoms with Gasteiger partial charge in [0.25, 0.3) is 0 Å². The van der Waals surface area contributed by atoms with Crippen molar-refractivity contribution in [3.8, 4) is 0 Å². The fourth-order valence-electron chi connectivity index (χ4n) is 1.15. The Morgan fingerprint density at radius 2 is 1.62 bits per heavy atom. The SMILES string of the molecule is CC.Cc1cc(C(F)(F)F)cc(C(C)C)n1. The van der Waals surface area contributed by atoms with Crippen LogP contribution in [0.1, 0.15) is 50.6 Å². The van der Waals surface area contributed by atoms with Crippen molar-refractivity contribution in [3.05, 3.63) is 29.1 Å². The Morgan fingerprint density at radius 3 is 2.00 bits per heavy atom. The molecule has 0 aliphatic carbocycles. The minimum Gasteiger partial charge on any atom is -0.258 e. The summed E-state index contributed by atoms with van der Waals surface area (Å²) in [6.07, 6.45) is -4.28. The summed E-state index contributed by atoms with van der Waals surface area (Å²) in [4.78, 5) is 4.05. The van der Waals surface area contributed by atoms with Crippen LogP contribution < -0.4 is 0 Å². The Hall–Kier alpha value is -1.06. The molecular weight excluding hydrogens is 215 g/mol. The van der Waals surface area contributed by atoms with E-state index in [1.807, 2.05) is 27.7 Å². The summed E-state index contributed by atoms with van der Waals surface area (Å²) in [5, 5.41) is 0. The maximum Gasteiger partial charge on any atom is 0.416 e. The van der Waals surface area contributed by atoms with Crippen molar-refractivity contribution in [2.45, 2.75) is 46.7 Å². The molecule has 0 saturated carbocycles. The van der Waals surface area contributed by atoms with Crippen molar-refractivity contribution < 1.29 is 13.2 Å². The highest BCUT2D eigenvalue weighted by Gasteiger charge is 2.31. The normalized spacial score (nSPS) is 11.1. The van der Waals surface area contributed by atoms with Gasteiger partial charge in [0.1, 0.15) is 0 Å². The number of nitrogens with zero attached hydrogens (tertiary/aromatic N) is 1. The summed E-state index contributed by atoms with van der Waals surface area (Å²) < 4.78 is 37.2. The highest BCUT2D eigenvalue weighted by atomic mass is 19.4. The Balaban J connectivity index is 0.00000106. The number of hydrogen-bond acceptors (Lipinski definition) is 1. The molecule has 0 aliphatic heterocycles. The van der Waals surface area contributed by atoms with Crippen molar-refractivity contribution in [2.24, 2.45) is 0 Å². The number of rotatable bonds is 1. The summed E-state index contributed by atoms with van der Waals surface area (Å²) in [5.41, 5.74) is 0.273. The van der Waals surface area contributed by atoms with Gasteiger partial charge in [-0.25, -0.2) is 0 Å². The smallest absolute Gasteiger partial charge is 0.258 e. The lowest BCUT2D eigenvalue weighted by molar-refractivity contribution is -0.137. The highest BCUT2D eigenvalue weighted by molar-refractivity contribution is 5.25. The lowest BCUT2D eigenvalue weighted by atomic mass is 10.1. The zero-order chi connectivity index (χ0) is 12.9. The number of halogens is 3. The molecule has 1 nitrogen and oxygen atoms in total. The van der Waals surface area contributed by atoms with Gasteiger partial charge >= 0.3 is 6.18 Å². The minimum absolute atomic E-state index is 0.0102. The van der Waals surface area contributed by atoms with Crippen LogP contribution in [0.4, 0.5) is 13.2 Å². The van der Waals surface area contributed by atoms with Gasteiger partial charge in [0.2, 0.25) is 0 Å². The molecule has 0 bridgehead atoms. The standard InChI is InChI=1S/C10H12F3N.C2H6/c1-6(2)9-5-8(10(11,12)13)4-7(3)14-9;1-2/h4-6H,1-3H3;1-2H3. The topological polar surface area (TPSA) is 12.9 Å². The Bertz CT molecular complexity index is 330. The third kappa shape index (κ3) is 4.21. The zero-order valence-corrected chi connectivity index (χ0v) is 10.3. The second kappa shape index (κ2) is 5.87. The quantitative estimate of drug-likeness (QED) is 0.693. The van der Waals surface area contributed by atoms with Crippen LogP contribution in [-0.2, 0) is 6.18 Å². The fourth-order valence-corrected chi connectivity index (χ4v) is 1.15. The average molecular weight is 233 g/mol. The molecule has 0 aliphatic rings. The predicted molar refractivity (Wildman–Crippen MR) is 59.4 cm³/mol. The second-order valence-corrected chi connectivity index (χ2v) is 3.57. The molecule has 0 aromatic carbocycles. The number of pyridine rings is 1. The lowest BCUT2D eigenvalue weighted by Gasteiger charge is -2.11. The van der Waals surface area contributed by atoms with Gasteiger partial charge < -0.3 is 0 Å². The van der Waals surface area contributed by atoms with E-state index in [-0.39, 0.29) is 5.92 Å². The summed E-state index contributed by atoms with van der Waals surface area (Å²) >= 11 is 0. The molecule has 0 spiro atoms. The van der Waals surface area contributed by atoms with E-state index in [1.54, 1.807) is 6.92 Å². The largest absolute Gasteiger partial charge is 0.416 e. The molecule has 1 aromatic heterocycles. The van der Waals surface area contributed by atoms with Crippen LogP contribution in [0.2, 0.25) is 0 Å². The van der Waals surface area contributed by atoms with Crippen LogP contribution in [0.5, 0.6) is 0 Å². The third-order valence-corrected chi connectivity index (χ3v) is 1.89. The minimum atomic E-state index is -4.28. The first-order valence-corrected chi connectivity index (χ1v) is 5.36. The van der Waals surface area contributed by atoms with E-state index >= 15 is 0 Å². The van der Waals surface area contributed by atoms with E-state index in [2.05, 4.69) is 4.98 Å². The molecular formula is C12H18F3N. The molecule has 1 rings (SSSR count). The van der Waals surface area contributed by atoms with Crippen molar-refractivity contribution in [1.29, 1.82) is 0 Å². The van der Waals surface area contributed by atoms with E-state index in [0.717, 1.165) is 12.1 Å². The van der Waals surface area contributed by atoms with Gasteiger partial charge in [-0.1, -0.05) is 27.7 Å². The van der Waals surface area contributed by atoms with Gasteiger partial charge in [-0.05, 0) is 25.0 Å². The first-order chi connectivity index (χ1) is 7.30. The van der Waals surface area contributed by atoms with Crippen molar-refractivity contribution in [1.82, 2.24) is 4.98 Å². The van der Waals surface area contributed by atoms with Crippen molar-refractivity contribution in [2.75, 3.05) is 0 Å². The van der Waals surface area contributed by atoms with Gasteiger partial charge in [0, 0.05) is 11.4 Å². The predicted octanol–water partition coefficient (Wildman–Crippen LogP) is 4.56. The summed E-state index contributed by atoms with van der Waals surface area (Å²) in [6, 6.07) is 2.17. The van der Waals surface area contributed by atoms with Crippen LogP contribution in [0.25, 0.3) is 0 Å². The molecule has 0 saturated heterocycles. The van der Waals surface area contributed by atoms with E-state index in [9.17, 15) is 13.2 Å². The Labute approximate surface area is 94.7 Å². The molecule has 0 N–H and O–H groups in total. The molecule has 0 atom stereocenters. The highest BCUT2D eigenvalue weighted by Crippen LogP contribution is 2.30. The van der Waals surface area contributed by atoms with E-state index in [0.29, 0.717) is 11.4 Å². The van der Waals surface area contributed by atoms with Gasteiger partial charge in [-0.2, -0.15) is 13.2 Å². The maximum absolute atomic E-state index is 12.4. The maximum atomic E-state index is 12.4. The zero-order valence-electron chi connectivity index (χ0n) is 10.3. The molecule has 4 heteroatoms. The molecule has 0 amide bonds. The van der Waals surface area contributed by atoms with Gasteiger partial charge in [-0.15, -0.1) is 0 Å². The number of alkyl halides is 3. The fraction of sp³-hybridized carbons (Fsp3) is 0.583.